The summed E-state index contributed by atoms with van der Waals surface area (Å²) < 4.78 is 326. The van der Waals surface area contributed by atoms with Crippen LogP contribution in [0.25, 0.3) is 0 Å². The van der Waals surface area contributed by atoms with E-state index in [0.29, 0.717) is 13.0 Å². The molecule has 0 saturated carbocycles. The van der Waals surface area contributed by atoms with Crippen LogP contribution in [0.5, 0.6) is 0 Å². The maximum absolute atomic E-state index is 15.6. The minimum Gasteiger partial charge on any atom is -0.445 e. The fourth-order valence-electron chi connectivity index (χ4n) is 3.88. The van der Waals surface area contributed by atoms with E-state index in [9.17, 15) is 103 Å². The number of isocyanates is 2. The van der Waals surface area contributed by atoms with Crippen LogP contribution in [0.15, 0.2) is 16.1 Å². The third kappa shape index (κ3) is 6.81. The number of benzene rings is 1. The third-order valence-corrected chi connectivity index (χ3v) is 6.75. The highest BCUT2D eigenvalue weighted by Gasteiger charge is 2.99. The van der Waals surface area contributed by atoms with Gasteiger partial charge in [-0.25, -0.2) is 9.59 Å². The molecule has 0 radical (unpaired) electrons. The summed E-state index contributed by atoms with van der Waals surface area (Å²) in [5, 5.41) is 1.23. The molecule has 55 heavy (non-hydrogen) atoms. The van der Waals surface area contributed by atoms with Crippen molar-refractivity contribution in [2.24, 2.45) is 9.98 Å². The van der Waals surface area contributed by atoms with Gasteiger partial charge in [0.25, 0.3) is 5.91 Å². The van der Waals surface area contributed by atoms with Crippen LogP contribution in [0, 0.1) is 6.92 Å². The zero-order valence-corrected chi connectivity index (χ0v) is 25.4. The Morgan fingerprint density at radius 2 is 0.945 bits per heavy atom. The third-order valence-electron chi connectivity index (χ3n) is 6.75. The van der Waals surface area contributed by atoms with E-state index in [0.717, 1.165) is 0 Å². The number of hydrogen-bond donors (Lipinski definition) is 1. The minimum atomic E-state index is -9.66. The fourth-order valence-corrected chi connectivity index (χ4v) is 3.88. The van der Waals surface area contributed by atoms with Crippen molar-refractivity contribution >= 4 is 35.4 Å². The predicted octanol–water partition coefficient (Wildman–Crippen LogP) is 8.55. The van der Waals surface area contributed by atoms with Crippen LogP contribution in [0.1, 0.15) is 28.4 Å². The first kappa shape index (κ1) is 48.3. The lowest BCUT2D eigenvalue weighted by molar-refractivity contribution is -0.479. The van der Waals surface area contributed by atoms with Crippen molar-refractivity contribution in [3.05, 3.63) is 22.8 Å². The Hall–Kier alpha value is -4.69. The lowest BCUT2D eigenvalue weighted by Crippen LogP contribution is -2.77. The van der Waals surface area contributed by atoms with E-state index in [2.05, 4.69) is 14.7 Å². The topological polar surface area (TPSA) is 114 Å². The SMILES string of the molecule is CC(=O)OCNC(=O)c1c(C)cc(N=C=O)c(N=C=O)c1C(F)(F)C(F)(F)C(F)(F)C(F)(F)C(F)(F)C(F)(F)C(F)(F)C(F)(F)C(F)(F)C(F)(F)C(F)(F)F. The molecule has 1 N–H and O–H groups in total. The van der Waals surface area contributed by atoms with Gasteiger partial charge in [-0.1, -0.05) is 0 Å². The second kappa shape index (κ2) is 14.1. The molecule has 0 aliphatic carbocycles. The van der Waals surface area contributed by atoms with E-state index in [1.54, 1.807) is 0 Å². The maximum atomic E-state index is 15.6. The van der Waals surface area contributed by atoms with Crippen LogP contribution in [0.4, 0.5) is 112 Å². The number of esters is 1. The highest BCUT2D eigenvalue weighted by Crippen LogP contribution is 2.68. The smallest absolute Gasteiger partial charge is 0.445 e. The van der Waals surface area contributed by atoms with Crippen LogP contribution >= 0.6 is 0 Å². The van der Waals surface area contributed by atoms with Crippen molar-refractivity contribution in [1.29, 1.82) is 0 Å². The summed E-state index contributed by atoms with van der Waals surface area (Å²) in [7, 11) is 0. The van der Waals surface area contributed by atoms with Crippen molar-refractivity contribution in [2.45, 2.75) is 79.2 Å². The zero-order chi connectivity index (χ0) is 44.2. The summed E-state index contributed by atoms with van der Waals surface area (Å²) in [5.74, 6) is -95.1. The first-order chi connectivity index (χ1) is 24.1. The van der Waals surface area contributed by atoms with Gasteiger partial charge in [0, 0.05) is 6.92 Å². The molecule has 0 saturated heterocycles. The monoisotopic (exact) mass is 857 g/mol. The molecule has 0 fully saturated rings. The average molecular weight is 857 g/mol. The molecule has 1 rings (SSSR count). The number of amides is 1. The summed E-state index contributed by atoms with van der Waals surface area (Å²) in [6.45, 7) is -0.668. The summed E-state index contributed by atoms with van der Waals surface area (Å²) in [6.07, 6.45) is -7.62. The van der Waals surface area contributed by atoms with Gasteiger partial charge in [0.15, 0.2) is 6.73 Å². The Morgan fingerprint density at radius 3 is 1.27 bits per heavy atom. The molecule has 1 aromatic rings. The average Bonchev–Trinajstić information content (AvgIpc) is 3.00. The quantitative estimate of drug-likeness (QED) is 0.0625. The normalized spacial score (nSPS) is 14.5. The first-order valence-corrected chi connectivity index (χ1v) is 12.7. The van der Waals surface area contributed by atoms with Crippen LogP contribution in [0.3, 0.4) is 0 Å². The van der Waals surface area contributed by atoms with Crippen molar-refractivity contribution in [3.63, 3.8) is 0 Å². The van der Waals surface area contributed by atoms with Gasteiger partial charge >= 0.3 is 71.4 Å². The Balaban J connectivity index is 4.31. The largest absolute Gasteiger partial charge is 0.460 e. The number of nitrogens with one attached hydrogen (secondary N) is 1. The molecule has 0 aliphatic rings. The lowest BCUT2D eigenvalue weighted by Gasteiger charge is -2.45. The van der Waals surface area contributed by atoms with E-state index in [1.807, 2.05) is 0 Å². The van der Waals surface area contributed by atoms with Crippen LogP contribution < -0.4 is 5.32 Å². The number of carbonyl (C=O) groups excluding carboxylic acids is 4. The summed E-state index contributed by atoms with van der Waals surface area (Å²) in [4.78, 5) is 49.7. The molecule has 0 spiro atoms. The molecule has 0 heterocycles. The predicted molar refractivity (Wildman–Crippen MR) is 125 cm³/mol. The molecule has 8 nitrogen and oxygen atoms in total. The van der Waals surface area contributed by atoms with Crippen molar-refractivity contribution < 1.29 is 125 Å². The van der Waals surface area contributed by atoms with Crippen LogP contribution in [-0.2, 0) is 25.0 Å². The number of halogens is 23. The molecule has 0 atom stereocenters. The van der Waals surface area contributed by atoms with Crippen molar-refractivity contribution in [1.82, 2.24) is 5.32 Å². The molecule has 31 heteroatoms. The number of alkyl halides is 23. The van der Waals surface area contributed by atoms with Gasteiger partial charge in [-0.2, -0.15) is 111 Å². The summed E-state index contributed by atoms with van der Waals surface area (Å²) in [5.41, 5.74) is -11.5. The lowest BCUT2D eigenvalue weighted by atomic mass is 9.83. The van der Waals surface area contributed by atoms with E-state index in [1.165, 1.54) is 5.32 Å². The van der Waals surface area contributed by atoms with E-state index >= 15 is 17.6 Å². The van der Waals surface area contributed by atoms with Gasteiger partial charge in [0.2, 0.25) is 12.2 Å². The Morgan fingerprint density at radius 1 is 0.600 bits per heavy atom. The minimum absolute atomic E-state index is 0.0708. The molecule has 1 aromatic carbocycles. The summed E-state index contributed by atoms with van der Waals surface area (Å²) in [6, 6.07) is 0.0708. The molecule has 0 bridgehead atoms. The standard InChI is InChI=1S/C24H10F23N3O5/c1-7-3-9(48-4-51)12(49-5-52)11(10(7)13(54)50-6-55-8(2)53)14(25,26)15(27,28)16(29,30)17(31,32)18(33,34)19(35,36)20(37,38)21(39,40)22(41,42)23(43,44)24(45,46)47/h3H,6H2,1-2H3,(H,50,54). The van der Waals surface area contributed by atoms with Gasteiger partial charge in [-0.3, -0.25) is 9.59 Å². The molecule has 312 valence electrons. The zero-order valence-electron chi connectivity index (χ0n) is 25.4. The number of carbonyl (C=O) groups is 2. The Kier molecular flexibility index (Phi) is 12.4. The molecule has 0 aliphatic heterocycles. The maximum Gasteiger partial charge on any atom is 0.460 e. The van der Waals surface area contributed by atoms with Gasteiger partial charge in [-0.15, -0.1) is 0 Å². The second-order valence-electron chi connectivity index (χ2n) is 10.2. The van der Waals surface area contributed by atoms with Gasteiger partial charge in [0.1, 0.15) is 11.4 Å². The first-order valence-electron chi connectivity index (χ1n) is 12.7. The van der Waals surface area contributed by atoms with E-state index < -0.39 is 112 Å². The second-order valence-corrected chi connectivity index (χ2v) is 10.2. The Labute approximate surface area is 285 Å². The van der Waals surface area contributed by atoms with Gasteiger partial charge in [0.05, 0.1) is 11.1 Å². The summed E-state index contributed by atoms with van der Waals surface area (Å²) >= 11 is 0. The van der Waals surface area contributed by atoms with Crippen LogP contribution in [0.2, 0.25) is 0 Å². The number of aryl methyl sites for hydroxylation is 1. The number of aliphatic imine (C=N–C) groups is 2. The van der Waals surface area contributed by atoms with Crippen LogP contribution in [-0.4, -0.2) is 90.2 Å². The fraction of sp³-hybridized carbons (Fsp3) is 0.583. The number of hydrogen-bond acceptors (Lipinski definition) is 7. The highest BCUT2D eigenvalue weighted by atomic mass is 19.4. The molecule has 0 unspecified atom stereocenters. The van der Waals surface area contributed by atoms with Crippen molar-refractivity contribution in [3.8, 4) is 0 Å². The number of ether oxygens (including phenoxy) is 1. The number of nitrogens with zero attached hydrogens (tertiary/aromatic N) is 2. The Bertz CT molecular complexity index is 1780. The number of rotatable bonds is 15. The van der Waals surface area contributed by atoms with Gasteiger partial charge < -0.3 is 10.1 Å². The highest BCUT2D eigenvalue weighted by molar-refractivity contribution is 6.00. The molecular formula is C24H10F23N3O5. The van der Waals surface area contributed by atoms with E-state index in [4.69, 9.17) is 0 Å². The molecular weight excluding hydrogens is 847 g/mol. The van der Waals surface area contributed by atoms with E-state index in [-0.39, 0.29) is 19.1 Å². The van der Waals surface area contributed by atoms with Crippen molar-refractivity contribution in [2.75, 3.05) is 6.73 Å². The van der Waals surface area contributed by atoms with Gasteiger partial charge in [-0.05, 0) is 18.6 Å². The molecule has 0 aromatic heterocycles. The molecule has 1 amide bonds.